The smallest absolute Gasteiger partial charge is 0.00173 e. The van der Waals surface area contributed by atoms with Gasteiger partial charge in [0.25, 0.3) is 0 Å². The van der Waals surface area contributed by atoms with Crippen LogP contribution in [0.15, 0.2) is 24.3 Å². The van der Waals surface area contributed by atoms with E-state index in [0.717, 1.165) is 5.92 Å². The lowest BCUT2D eigenvalue weighted by atomic mass is 9.91. The van der Waals surface area contributed by atoms with Gasteiger partial charge in [-0.15, -0.1) is 0 Å². The maximum Gasteiger partial charge on any atom is -0.00173 e. The van der Waals surface area contributed by atoms with Crippen molar-refractivity contribution >= 4 is 0 Å². The fourth-order valence-electron chi connectivity index (χ4n) is 2.63. The summed E-state index contributed by atoms with van der Waals surface area (Å²) < 4.78 is 0. The molecule has 0 radical (unpaired) electrons. The van der Waals surface area contributed by atoms with Gasteiger partial charge in [0.15, 0.2) is 0 Å². The molecule has 1 aromatic rings. The van der Waals surface area contributed by atoms with E-state index in [9.17, 15) is 0 Å². The fraction of sp³-hybridized carbons (Fsp3) is 0.600. The average Bonchev–Trinajstić information content (AvgIpc) is 2.31. The molecule has 88 valence electrons. The minimum Gasteiger partial charge on any atom is -0.316 e. The molecule has 1 fully saturated rings. The third kappa shape index (κ3) is 3.34. The molecule has 0 aliphatic carbocycles. The Morgan fingerprint density at radius 3 is 2.94 bits per heavy atom. The first-order valence-corrected chi connectivity index (χ1v) is 6.67. The quantitative estimate of drug-likeness (QED) is 0.817. The second-order valence-electron chi connectivity index (χ2n) is 4.99. The molecule has 0 aromatic heterocycles. The minimum atomic E-state index is 0.852. The Labute approximate surface area is 99.3 Å². The first-order valence-electron chi connectivity index (χ1n) is 6.67. The Balaban J connectivity index is 1.94. The Morgan fingerprint density at radius 2 is 2.19 bits per heavy atom. The molecule has 1 aliphatic rings. The Kier molecular flexibility index (Phi) is 4.41. The van der Waals surface area contributed by atoms with Crippen LogP contribution in [0.1, 0.15) is 37.3 Å². The standard InChI is InChI=1S/C15H23N/c1-2-5-13-6-3-7-14(10-13)11-15-8-4-9-16-12-15/h3,6-7,10,15-16H,2,4-5,8-9,11-12H2,1H3. The SMILES string of the molecule is CCCc1cccc(CC2CCCNC2)c1. The van der Waals surface area contributed by atoms with E-state index in [2.05, 4.69) is 36.5 Å². The number of benzene rings is 1. The molecule has 2 rings (SSSR count). The molecule has 16 heavy (non-hydrogen) atoms. The Bertz CT molecular complexity index is 313. The van der Waals surface area contributed by atoms with Crippen LogP contribution in [0.5, 0.6) is 0 Å². The monoisotopic (exact) mass is 217 g/mol. The van der Waals surface area contributed by atoms with Gasteiger partial charge in [0.1, 0.15) is 0 Å². The van der Waals surface area contributed by atoms with E-state index in [1.165, 1.54) is 56.3 Å². The van der Waals surface area contributed by atoms with Gasteiger partial charge in [-0.1, -0.05) is 37.6 Å². The fourth-order valence-corrected chi connectivity index (χ4v) is 2.63. The van der Waals surface area contributed by atoms with Crippen LogP contribution in [0.3, 0.4) is 0 Å². The van der Waals surface area contributed by atoms with E-state index in [4.69, 9.17) is 0 Å². The van der Waals surface area contributed by atoms with Crippen molar-refractivity contribution in [3.05, 3.63) is 35.4 Å². The molecule has 1 N–H and O–H groups in total. The van der Waals surface area contributed by atoms with E-state index in [-0.39, 0.29) is 0 Å². The summed E-state index contributed by atoms with van der Waals surface area (Å²) in [6.07, 6.45) is 6.46. The molecular weight excluding hydrogens is 194 g/mol. The second-order valence-corrected chi connectivity index (χ2v) is 4.99. The normalized spacial score (nSPS) is 20.9. The maximum absolute atomic E-state index is 3.49. The van der Waals surface area contributed by atoms with Crippen LogP contribution < -0.4 is 5.32 Å². The molecule has 1 heteroatoms. The predicted molar refractivity (Wildman–Crippen MR) is 69.7 cm³/mol. The van der Waals surface area contributed by atoms with Crippen molar-refractivity contribution in [3.63, 3.8) is 0 Å². The third-order valence-electron chi connectivity index (χ3n) is 3.45. The first-order chi connectivity index (χ1) is 7.88. The summed E-state index contributed by atoms with van der Waals surface area (Å²) >= 11 is 0. The van der Waals surface area contributed by atoms with Gasteiger partial charge in [0.05, 0.1) is 0 Å². The molecular formula is C15H23N. The molecule has 0 spiro atoms. The number of aryl methyl sites for hydroxylation is 1. The number of nitrogens with one attached hydrogen (secondary N) is 1. The lowest BCUT2D eigenvalue weighted by Gasteiger charge is -2.22. The van der Waals surface area contributed by atoms with Gasteiger partial charge in [0, 0.05) is 0 Å². The van der Waals surface area contributed by atoms with E-state index in [1.807, 2.05) is 0 Å². The highest BCUT2D eigenvalue weighted by atomic mass is 14.9. The van der Waals surface area contributed by atoms with Crippen molar-refractivity contribution in [2.24, 2.45) is 5.92 Å². The molecule has 0 bridgehead atoms. The van der Waals surface area contributed by atoms with Gasteiger partial charge >= 0.3 is 0 Å². The Morgan fingerprint density at radius 1 is 1.31 bits per heavy atom. The molecule has 0 saturated carbocycles. The van der Waals surface area contributed by atoms with Gasteiger partial charge in [-0.05, 0) is 55.8 Å². The van der Waals surface area contributed by atoms with Crippen LogP contribution >= 0.6 is 0 Å². The maximum atomic E-state index is 3.49. The van der Waals surface area contributed by atoms with Gasteiger partial charge in [0.2, 0.25) is 0 Å². The number of hydrogen-bond acceptors (Lipinski definition) is 1. The Hall–Kier alpha value is -0.820. The third-order valence-corrected chi connectivity index (χ3v) is 3.45. The van der Waals surface area contributed by atoms with Crippen molar-refractivity contribution < 1.29 is 0 Å². The van der Waals surface area contributed by atoms with Crippen molar-refractivity contribution in [1.82, 2.24) is 5.32 Å². The van der Waals surface area contributed by atoms with Crippen molar-refractivity contribution in [3.8, 4) is 0 Å². The van der Waals surface area contributed by atoms with Crippen LogP contribution in [0.4, 0.5) is 0 Å². The number of piperidine rings is 1. The second kappa shape index (κ2) is 6.05. The first kappa shape index (κ1) is 11.7. The molecule has 0 amide bonds. The van der Waals surface area contributed by atoms with E-state index in [0.29, 0.717) is 0 Å². The van der Waals surface area contributed by atoms with Crippen molar-refractivity contribution in [2.75, 3.05) is 13.1 Å². The van der Waals surface area contributed by atoms with E-state index >= 15 is 0 Å². The van der Waals surface area contributed by atoms with Gasteiger partial charge in [-0.3, -0.25) is 0 Å². The van der Waals surface area contributed by atoms with Gasteiger partial charge in [-0.25, -0.2) is 0 Å². The molecule has 1 nitrogen and oxygen atoms in total. The van der Waals surface area contributed by atoms with Gasteiger partial charge < -0.3 is 5.32 Å². The van der Waals surface area contributed by atoms with Crippen LogP contribution in [-0.4, -0.2) is 13.1 Å². The summed E-state index contributed by atoms with van der Waals surface area (Å²) in [6, 6.07) is 9.16. The van der Waals surface area contributed by atoms with Crippen LogP contribution in [0.2, 0.25) is 0 Å². The largest absolute Gasteiger partial charge is 0.316 e. The van der Waals surface area contributed by atoms with Gasteiger partial charge in [-0.2, -0.15) is 0 Å². The average molecular weight is 217 g/mol. The summed E-state index contributed by atoms with van der Waals surface area (Å²) in [7, 11) is 0. The van der Waals surface area contributed by atoms with Crippen molar-refractivity contribution in [2.45, 2.75) is 39.0 Å². The lowest BCUT2D eigenvalue weighted by molar-refractivity contribution is 0.376. The van der Waals surface area contributed by atoms with Crippen LogP contribution in [0, 0.1) is 5.92 Å². The highest BCUT2D eigenvalue weighted by Gasteiger charge is 2.13. The molecule has 1 saturated heterocycles. The molecule has 1 aromatic carbocycles. The van der Waals surface area contributed by atoms with Crippen LogP contribution in [0.25, 0.3) is 0 Å². The molecule has 1 aliphatic heterocycles. The van der Waals surface area contributed by atoms with E-state index < -0.39 is 0 Å². The molecule has 1 heterocycles. The van der Waals surface area contributed by atoms with E-state index in [1.54, 1.807) is 0 Å². The molecule has 1 unspecified atom stereocenters. The summed E-state index contributed by atoms with van der Waals surface area (Å²) in [5.41, 5.74) is 3.03. The zero-order valence-corrected chi connectivity index (χ0v) is 10.3. The highest BCUT2D eigenvalue weighted by molar-refractivity contribution is 5.24. The lowest BCUT2D eigenvalue weighted by Crippen LogP contribution is -2.30. The summed E-state index contributed by atoms with van der Waals surface area (Å²) in [5.74, 6) is 0.852. The number of hydrogen-bond donors (Lipinski definition) is 1. The topological polar surface area (TPSA) is 12.0 Å². The minimum absolute atomic E-state index is 0.852. The summed E-state index contributed by atoms with van der Waals surface area (Å²) in [6.45, 7) is 4.67. The molecule has 1 atom stereocenters. The summed E-state index contributed by atoms with van der Waals surface area (Å²) in [4.78, 5) is 0. The summed E-state index contributed by atoms with van der Waals surface area (Å²) in [5, 5.41) is 3.49. The zero-order chi connectivity index (χ0) is 11.2. The highest BCUT2D eigenvalue weighted by Crippen LogP contribution is 2.17. The zero-order valence-electron chi connectivity index (χ0n) is 10.3. The van der Waals surface area contributed by atoms with Crippen LogP contribution in [-0.2, 0) is 12.8 Å². The van der Waals surface area contributed by atoms with Crippen molar-refractivity contribution in [1.29, 1.82) is 0 Å². The number of rotatable bonds is 4. The predicted octanol–water partition coefficient (Wildman–Crippen LogP) is 3.18.